The molecule has 1 aromatic heterocycles. The molecule has 0 unspecified atom stereocenters. The maximum Gasteiger partial charge on any atom is 0.123 e. The van der Waals surface area contributed by atoms with E-state index in [0.29, 0.717) is 5.92 Å². The van der Waals surface area contributed by atoms with E-state index in [1.54, 1.807) is 11.3 Å². The summed E-state index contributed by atoms with van der Waals surface area (Å²) in [6, 6.07) is 8.36. The molecular formula is C15H19BrN2S. The van der Waals surface area contributed by atoms with E-state index < -0.39 is 0 Å². The van der Waals surface area contributed by atoms with Gasteiger partial charge in [0, 0.05) is 21.5 Å². The SMILES string of the molecule is CCNCc1sc(-c2ccc(Br)cc2)nc1C(C)C. The molecule has 0 aliphatic rings. The molecule has 0 saturated heterocycles. The fourth-order valence-electron chi connectivity index (χ4n) is 1.90. The summed E-state index contributed by atoms with van der Waals surface area (Å²) in [6.07, 6.45) is 0. The van der Waals surface area contributed by atoms with Crippen LogP contribution >= 0.6 is 27.3 Å². The van der Waals surface area contributed by atoms with Gasteiger partial charge in [-0.05, 0) is 24.6 Å². The molecule has 1 heterocycles. The summed E-state index contributed by atoms with van der Waals surface area (Å²) in [7, 11) is 0. The Balaban J connectivity index is 2.33. The van der Waals surface area contributed by atoms with Gasteiger partial charge in [-0.15, -0.1) is 11.3 Å². The van der Waals surface area contributed by atoms with Gasteiger partial charge in [0.1, 0.15) is 5.01 Å². The van der Waals surface area contributed by atoms with Gasteiger partial charge in [0.05, 0.1) is 5.69 Å². The van der Waals surface area contributed by atoms with Crippen LogP contribution in [0.2, 0.25) is 0 Å². The average Bonchev–Trinajstić information content (AvgIpc) is 2.81. The van der Waals surface area contributed by atoms with E-state index in [1.165, 1.54) is 16.1 Å². The van der Waals surface area contributed by atoms with Crippen molar-refractivity contribution in [3.05, 3.63) is 39.3 Å². The lowest BCUT2D eigenvalue weighted by Gasteiger charge is -2.04. The van der Waals surface area contributed by atoms with Gasteiger partial charge in [-0.25, -0.2) is 4.98 Å². The van der Waals surface area contributed by atoms with Crippen LogP contribution in [0.1, 0.15) is 37.3 Å². The van der Waals surface area contributed by atoms with Crippen LogP contribution in [-0.2, 0) is 6.54 Å². The largest absolute Gasteiger partial charge is 0.312 e. The number of nitrogens with one attached hydrogen (secondary N) is 1. The molecule has 0 aliphatic heterocycles. The molecule has 19 heavy (non-hydrogen) atoms. The summed E-state index contributed by atoms with van der Waals surface area (Å²) in [5, 5.41) is 4.51. The molecule has 1 aromatic carbocycles. The van der Waals surface area contributed by atoms with Crippen molar-refractivity contribution >= 4 is 27.3 Å². The van der Waals surface area contributed by atoms with Crippen molar-refractivity contribution in [1.82, 2.24) is 10.3 Å². The lowest BCUT2D eigenvalue weighted by Crippen LogP contribution is -2.12. The first kappa shape index (κ1) is 14.7. The fraction of sp³-hybridized carbons (Fsp3) is 0.400. The van der Waals surface area contributed by atoms with Gasteiger partial charge in [-0.2, -0.15) is 0 Å². The third-order valence-corrected chi connectivity index (χ3v) is 4.55. The van der Waals surface area contributed by atoms with Crippen LogP contribution in [0.15, 0.2) is 28.7 Å². The molecule has 2 rings (SSSR count). The molecule has 2 aromatic rings. The molecule has 2 nitrogen and oxygen atoms in total. The second-order valence-electron chi connectivity index (χ2n) is 4.77. The average molecular weight is 339 g/mol. The second kappa shape index (κ2) is 6.64. The van der Waals surface area contributed by atoms with Gasteiger partial charge in [-0.3, -0.25) is 0 Å². The minimum atomic E-state index is 0.467. The molecule has 0 saturated carbocycles. The van der Waals surface area contributed by atoms with Gasteiger partial charge in [-0.1, -0.05) is 48.8 Å². The van der Waals surface area contributed by atoms with Gasteiger partial charge < -0.3 is 5.32 Å². The second-order valence-corrected chi connectivity index (χ2v) is 6.77. The first-order chi connectivity index (χ1) is 9.11. The first-order valence-electron chi connectivity index (χ1n) is 6.58. The molecule has 0 aliphatic carbocycles. The molecule has 0 bridgehead atoms. The summed E-state index contributed by atoms with van der Waals surface area (Å²) in [4.78, 5) is 6.18. The van der Waals surface area contributed by atoms with Crippen LogP contribution in [-0.4, -0.2) is 11.5 Å². The number of thiazole rings is 1. The third-order valence-electron chi connectivity index (χ3n) is 2.90. The number of nitrogens with zero attached hydrogens (tertiary/aromatic N) is 1. The Labute approximate surface area is 127 Å². The first-order valence-corrected chi connectivity index (χ1v) is 8.19. The summed E-state index contributed by atoms with van der Waals surface area (Å²) >= 11 is 5.27. The van der Waals surface area contributed by atoms with Crippen molar-refractivity contribution in [3.8, 4) is 10.6 Å². The Morgan fingerprint density at radius 2 is 1.95 bits per heavy atom. The van der Waals surface area contributed by atoms with Crippen LogP contribution in [0.25, 0.3) is 10.6 Å². The zero-order valence-corrected chi connectivity index (χ0v) is 13.9. The number of benzene rings is 1. The Hall–Kier alpha value is -0.710. The molecule has 0 radical (unpaired) electrons. The highest BCUT2D eigenvalue weighted by atomic mass is 79.9. The predicted molar refractivity (Wildman–Crippen MR) is 86.7 cm³/mol. The summed E-state index contributed by atoms with van der Waals surface area (Å²) in [6.45, 7) is 8.44. The molecule has 102 valence electrons. The fourth-order valence-corrected chi connectivity index (χ4v) is 3.35. The van der Waals surface area contributed by atoms with Crippen LogP contribution in [0.4, 0.5) is 0 Å². The molecule has 0 amide bonds. The van der Waals surface area contributed by atoms with Crippen molar-refractivity contribution in [1.29, 1.82) is 0 Å². The zero-order valence-electron chi connectivity index (χ0n) is 11.5. The normalized spacial score (nSPS) is 11.2. The van der Waals surface area contributed by atoms with E-state index in [2.05, 4.69) is 66.3 Å². The monoisotopic (exact) mass is 338 g/mol. The van der Waals surface area contributed by atoms with Crippen molar-refractivity contribution in [2.24, 2.45) is 0 Å². The molecule has 0 atom stereocenters. The Bertz CT molecular complexity index is 532. The standard InChI is InChI=1S/C15H19BrN2S/c1-4-17-9-13-14(10(2)3)18-15(19-13)11-5-7-12(16)8-6-11/h5-8,10,17H,4,9H2,1-3H3. The summed E-state index contributed by atoms with van der Waals surface area (Å²) < 4.78 is 1.10. The number of hydrogen-bond acceptors (Lipinski definition) is 3. The lowest BCUT2D eigenvalue weighted by molar-refractivity contribution is 0.714. The van der Waals surface area contributed by atoms with Crippen LogP contribution in [0.5, 0.6) is 0 Å². The maximum absolute atomic E-state index is 4.83. The highest BCUT2D eigenvalue weighted by molar-refractivity contribution is 9.10. The van der Waals surface area contributed by atoms with E-state index in [9.17, 15) is 0 Å². The predicted octanol–water partition coefficient (Wildman–Crippen LogP) is 4.81. The zero-order chi connectivity index (χ0) is 13.8. The van der Waals surface area contributed by atoms with Gasteiger partial charge in [0.2, 0.25) is 0 Å². The third kappa shape index (κ3) is 3.65. The molecule has 0 spiro atoms. The van der Waals surface area contributed by atoms with E-state index in [-0.39, 0.29) is 0 Å². The molecular weight excluding hydrogens is 320 g/mol. The number of rotatable bonds is 5. The van der Waals surface area contributed by atoms with Crippen molar-refractivity contribution in [3.63, 3.8) is 0 Å². The molecule has 4 heteroatoms. The highest BCUT2D eigenvalue weighted by Crippen LogP contribution is 2.32. The Morgan fingerprint density at radius 1 is 1.26 bits per heavy atom. The van der Waals surface area contributed by atoms with Crippen LogP contribution in [0, 0.1) is 0 Å². The smallest absolute Gasteiger partial charge is 0.123 e. The number of halogens is 1. The summed E-state index contributed by atoms with van der Waals surface area (Å²) in [5.74, 6) is 0.467. The van der Waals surface area contributed by atoms with Crippen LogP contribution < -0.4 is 5.32 Å². The lowest BCUT2D eigenvalue weighted by atomic mass is 10.1. The van der Waals surface area contributed by atoms with Crippen molar-refractivity contribution in [2.75, 3.05) is 6.54 Å². The Morgan fingerprint density at radius 3 is 2.53 bits per heavy atom. The minimum absolute atomic E-state index is 0.467. The van der Waals surface area contributed by atoms with E-state index in [1.807, 2.05) is 0 Å². The molecule has 0 fully saturated rings. The maximum atomic E-state index is 4.83. The highest BCUT2D eigenvalue weighted by Gasteiger charge is 2.14. The summed E-state index contributed by atoms with van der Waals surface area (Å²) in [5.41, 5.74) is 2.42. The van der Waals surface area contributed by atoms with Gasteiger partial charge in [0.15, 0.2) is 0 Å². The quantitative estimate of drug-likeness (QED) is 0.846. The van der Waals surface area contributed by atoms with E-state index >= 15 is 0 Å². The van der Waals surface area contributed by atoms with Gasteiger partial charge in [0.25, 0.3) is 0 Å². The van der Waals surface area contributed by atoms with E-state index in [4.69, 9.17) is 4.98 Å². The van der Waals surface area contributed by atoms with E-state index in [0.717, 1.165) is 22.6 Å². The Kier molecular flexibility index (Phi) is 5.13. The number of hydrogen-bond donors (Lipinski definition) is 1. The van der Waals surface area contributed by atoms with Gasteiger partial charge >= 0.3 is 0 Å². The van der Waals surface area contributed by atoms with Crippen molar-refractivity contribution < 1.29 is 0 Å². The minimum Gasteiger partial charge on any atom is -0.312 e. The van der Waals surface area contributed by atoms with Crippen molar-refractivity contribution in [2.45, 2.75) is 33.2 Å². The topological polar surface area (TPSA) is 24.9 Å². The van der Waals surface area contributed by atoms with Crippen LogP contribution in [0.3, 0.4) is 0 Å². The molecule has 1 N–H and O–H groups in total. The number of aromatic nitrogens is 1.